The summed E-state index contributed by atoms with van der Waals surface area (Å²) in [5.41, 5.74) is -0.149. The molecule has 0 N–H and O–H groups in total. The number of carbonyl (C=O) groups excluding carboxylic acids is 2. The number of carbonyl (C=O) groups is 2. The van der Waals surface area contributed by atoms with Gasteiger partial charge in [0.2, 0.25) is 0 Å². The van der Waals surface area contributed by atoms with E-state index in [4.69, 9.17) is 4.74 Å². The molecule has 1 aromatic rings. The Hall–Kier alpha value is -1.92. The lowest BCUT2D eigenvalue weighted by Gasteiger charge is -2.34. The first-order valence-corrected chi connectivity index (χ1v) is 7.20. The van der Waals surface area contributed by atoms with Crippen molar-refractivity contribution < 1.29 is 14.3 Å². The second-order valence-corrected chi connectivity index (χ2v) is 6.42. The zero-order chi connectivity index (χ0) is 15.5. The van der Waals surface area contributed by atoms with Crippen LogP contribution in [0.25, 0.3) is 0 Å². The molecular weight excluding hydrogens is 272 g/mol. The van der Waals surface area contributed by atoms with E-state index in [1.807, 2.05) is 20.8 Å². The van der Waals surface area contributed by atoms with Crippen molar-refractivity contribution in [2.24, 2.45) is 5.92 Å². The largest absolute Gasteiger partial charge is 0.444 e. The summed E-state index contributed by atoms with van der Waals surface area (Å²) in [5.74, 6) is 0.299. The fourth-order valence-corrected chi connectivity index (χ4v) is 2.43. The van der Waals surface area contributed by atoms with Gasteiger partial charge in [-0.3, -0.25) is 9.48 Å². The number of ether oxygens (including phenoxy) is 1. The molecular formula is C14H22N4O3. The molecule has 1 aliphatic rings. The molecule has 7 nitrogen and oxygen atoms in total. The standard InChI is InChI=1S/C14H22N4O3/c1-14(2,3)21-13(20)17-6-4-5-11(7-17)8-18-9-12(10-19)15-16-18/h9-11H,4-8H2,1-3H3/t11-/m0/s1. The summed E-state index contributed by atoms with van der Waals surface area (Å²) in [5, 5.41) is 7.65. The second-order valence-electron chi connectivity index (χ2n) is 6.42. The minimum absolute atomic E-state index is 0.264. The Morgan fingerprint density at radius 2 is 2.29 bits per heavy atom. The number of aromatic nitrogens is 3. The summed E-state index contributed by atoms with van der Waals surface area (Å²) in [6, 6.07) is 0. The molecule has 1 aliphatic heterocycles. The maximum Gasteiger partial charge on any atom is 0.410 e. The summed E-state index contributed by atoms with van der Waals surface area (Å²) in [7, 11) is 0. The van der Waals surface area contributed by atoms with Crippen molar-refractivity contribution >= 4 is 12.4 Å². The van der Waals surface area contributed by atoms with Gasteiger partial charge in [0.1, 0.15) is 11.3 Å². The van der Waals surface area contributed by atoms with Crippen molar-refractivity contribution in [1.29, 1.82) is 0 Å². The SMILES string of the molecule is CC(C)(C)OC(=O)N1CCC[C@H](Cn2cc(C=O)nn2)C1. The number of rotatable bonds is 3. The Balaban J connectivity index is 1.91. The zero-order valence-corrected chi connectivity index (χ0v) is 12.8. The molecule has 7 heteroatoms. The van der Waals surface area contributed by atoms with E-state index in [2.05, 4.69) is 10.3 Å². The summed E-state index contributed by atoms with van der Waals surface area (Å²) in [6.07, 6.45) is 4.00. The summed E-state index contributed by atoms with van der Waals surface area (Å²) in [4.78, 5) is 24.4. The van der Waals surface area contributed by atoms with Gasteiger partial charge in [-0.05, 0) is 39.5 Å². The first kappa shape index (κ1) is 15.5. The first-order chi connectivity index (χ1) is 9.87. The van der Waals surface area contributed by atoms with E-state index in [0.29, 0.717) is 31.0 Å². The van der Waals surface area contributed by atoms with Gasteiger partial charge in [-0.2, -0.15) is 0 Å². The van der Waals surface area contributed by atoms with E-state index >= 15 is 0 Å². The van der Waals surface area contributed by atoms with Crippen molar-refractivity contribution in [1.82, 2.24) is 19.9 Å². The van der Waals surface area contributed by atoms with Crippen LogP contribution in [0.15, 0.2) is 6.20 Å². The van der Waals surface area contributed by atoms with E-state index in [0.717, 1.165) is 19.4 Å². The van der Waals surface area contributed by atoms with E-state index in [9.17, 15) is 9.59 Å². The highest BCUT2D eigenvalue weighted by Crippen LogP contribution is 2.20. The highest BCUT2D eigenvalue weighted by Gasteiger charge is 2.27. The molecule has 0 aromatic carbocycles. The van der Waals surface area contributed by atoms with Crippen LogP contribution in [-0.4, -0.2) is 51.0 Å². The van der Waals surface area contributed by atoms with Crippen LogP contribution in [0.1, 0.15) is 44.1 Å². The summed E-state index contributed by atoms with van der Waals surface area (Å²) < 4.78 is 7.06. The van der Waals surface area contributed by atoms with Crippen LogP contribution in [0.4, 0.5) is 4.79 Å². The Labute approximate surface area is 124 Å². The van der Waals surface area contributed by atoms with Gasteiger partial charge in [0.15, 0.2) is 6.29 Å². The van der Waals surface area contributed by atoms with Crippen LogP contribution in [0.5, 0.6) is 0 Å². The van der Waals surface area contributed by atoms with Gasteiger partial charge in [0.25, 0.3) is 0 Å². The number of likely N-dealkylation sites (tertiary alicyclic amines) is 1. The van der Waals surface area contributed by atoms with Gasteiger partial charge in [0, 0.05) is 19.6 Å². The van der Waals surface area contributed by atoms with Gasteiger partial charge in [-0.1, -0.05) is 5.21 Å². The molecule has 0 radical (unpaired) electrons. The van der Waals surface area contributed by atoms with Crippen LogP contribution in [0, 0.1) is 5.92 Å². The van der Waals surface area contributed by atoms with Crippen molar-refractivity contribution in [3.63, 3.8) is 0 Å². The lowest BCUT2D eigenvalue weighted by atomic mass is 9.98. The van der Waals surface area contributed by atoms with Crippen LogP contribution in [0.2, 0.25) is 0 Å². The van der Waals surface area contributed by atoms with Crippen molar-refractivity contribution in [3.05, 3.63) is 11.9 Å². The average molecular weight is 294 g/mol. The van der Waals surface area contributed by atoms with Crippen molar-refractivity contribution in [3.8, 4) is 0 Å². The minimum Gasteiger partial charge on any atom is -0.444 e. The quantitative estimate of drug-likeness (QED) is 0.793. The predicted octanol–water partition coefficient (Wildman–Crippen LogP) is 1.74. The maximum absolute atomic E-state index is 12.1. The predicted molar refractivity (Wildman–Crippen MR) is 75.9 cm³/mol. The maximum atomic E-state index is 12.1. The average Bonchev–Trinajstić information content (AvgIpc) is 2.85. The number of amides is 1. The molecule has 1 fully saturated rings. The molecule has 0 bridgehead atoms. The number of piperidine rings is 1. The molecule has 1 atom stereocenters. The smallest absolute Gasteiger partial charge is 0.410 e. The van der Waals surface area contributed by atoms with E-state index in [1.165, 1.54) is 0 Å². The van der Waals surface area contributed by atoms with E-state index in [-0.39, 0.29) is 6.09 Å². The minimum atomic E-state index is -0.477. The Morgan fingerprint density at radius 1 is 1.52 bits per heavy atom. The second kappa shape index (κ2) is 6.24. The monoisotopic (exact) mass is 294 g/mol. The molecule has 1 aromatic heterocycles. The number of nitrogens with zero attached hydrogens (tertiary/aromatic N) is 4. The number of aldehydes is 1. The molecule has 2 heterocycles. The molecule has 0 saturated carbocycles. The normalized spacial score (nSPS) is 19.4. The zero-order valence-electron chi connectivity index (χ0n) is 12.8. The van der Waals surface area contributed by atoms with Gasteiger partial charge >= 0.3 is 6.09 Å². The molecule has 21 heavy (non-hydrogen) atoms. The van der Waals surface area contributed by atoms with Gasteiger partial charge in [0.05, 0.1) is 6.20 Å². The topological polar surface area (TPSA) is 77.3 Å². The number of hydrogen-bond acceptors (Lipinski definition) is 5. The molecule has 1 saturated heterocycles. The van der Waals surface area contributed by atoms with Gasteiger partial charge in [-0.15, -0.1) is 5.10 Å². The molecule has 0 unspecified atom stereocenters. The Morgan fingerprint density at radius 3 is 2.90 bits per heavy atom. The highest BCUT2D eigenvalue weighted by atomic mass is 16.6. The summed E-state index contributed by atoms with van der Waals surface area (Å²) >= 11 is 0. The number of hydrogen-bond donors (Lipinski definition) is 0. The van der Waals surface area contributed by atoms with Crippen molar-refractivity contribution in [2.75, 3.05) is 13.1 Å². The van der Waals surface area contributed by atoms with Gasteiger partial charge in [-0.25, -0.2) is 4.79 Å². The third kappa shape index (κ3) is 4.54. The lowest BCUT2D eigenvalue weighted by molar-refractivity contribution is 0.0155. The molecule has 116 valence electrons. The van der Waals surface area contributed by atoms with E-state index < -0.39 is 5.60 Å². The van der Waals surface area contributed by atoms with E-state index in [1.54, 1.807) is 15.8 Å². The Kier molecular flexibility index (Phi) is 4.59. The third-order valence-electron chi connectivity index (χ3n) is 3.29. The third-order valence-corrected chi connectivity index (χ3v) is 3.29. The molecule has 0 spiro atoms. The molecule has 0 aliphatic carbocycles. The molecule has 2 rings (SSSR count). The molecule has 1 amide bonds. The lowest BCUT2D eigenvalue weighted by Crippen LogP contribution is -2.43. The van der Waals surface area contributed by atoms with Crippen LogP contribution in [0.3, 0.4) is 0 Å². The fraction of sp³-hybridized carbons (Fsp3) is 0.714. The van der Waals surface area contributed by atoms with Gasteiger partial charge < -0.3 is 9.64 Å². The summed E-state index contributed by atoms with van der Waals surface area (Å²) in [6.45, 7) is 7.61. The van der Waals surface area contributed by atoms with Crippen LogP contribution >= 0.6 is 0 Å². The fourth-order valence-electron chi connectivity index (χ4n) is 2.43. The Bertz CT molecular complexity index is 507. The van der Waals surface area contributed by atoms with Crippen molar-refractivity contribution in [2.45, 2.75) is 45.8 Å². The highest BCUT2D eigenvalue weighted by molar-refractivity contribution is 5.70. The van der Waals surface area contributed by atoms with Crippen LogP contribution in [-0.2, 0) is 11.3 Å². The first-order valence-electron chi connectivity index (χ1n) is 7.20. The van der Waals surface area contributed by atoms with Crippen LogP contribution < -0.4 is 0 Å².